The Balaban J connectivity index is 2.02. The van der Waals surface area contributed by atoms with Crippen LogP contribution < -0.4 is 5.32 Å². The normalized spacial score (nSPS) is 19.9. The Morgan fingerprint density at radius 3 is 2.67 bits per heavy atom. The van der Waals surface area contributed by atoms with Crippen LogP contribution in [0.4, 0.5) is 4.79 Å². The van der Waals surface area contributed by atoms with E-state index in [0.717, 1.165) is 16.9 Å². The van der Waals surface area contributed by atoms with Crippen LogP contribution in [-0.2, 0) is 4.79 Å². The van der Waals surface area contributed by atoms with E-state index in [1.807, 2.05) is 38.1 Å². The lowest BCUT2D eigenvalue weighted by atomic mass is 10.1. The average molecular weight is 308 g/mol. The molecule has 1 fully saturated rings. The number of amides is 2. The third-order valence-corrected chi connectivity index (χ3v) is 4.61. The molecular weight excluding hydrogens is 288 g/mol. The lowest BCUT2D eigenvalue weighted by molar-refractivity contribution is -0.141. The van der Waals surface area contributed by atoms with Crippen LogP contribution >= 0.6 is 11.8 Å². The Labute approximate surface area is 128 Å². The van der Waals surface area contributed by atoms with E-state index in [1.165, 1.54) is 4.90 Å². The van der Waals surface area contributed by atoms with Crippen molar-refractivity contribution in [1.29, 1.82) is 0 Å². The largest absolute Gasteiger partial charge is 0.480 e. The van der Waals surface area contributed by atoms with Gasteiger partial charge in [-0.2, -0.15) is 11.8 Å². The molecule has 0 bridgehead atoms. The molecule has 21 heavy (non-hydrogen) atoms. The molecule has 6 heteroatoms. The van der Waals surface area contributed by atoms with E-state index in [2.05, 4.69) is 5.32 Å². The predicted molar refractivity (Wildman–Crippen MR) is 83.6 cm³/mol. The van der Waals surface area contributed by atoms with Crippen molar-refractivity contribution in [2.75, 3.05) is 18.1 Å². The van der Waals surface area contributed by atoms with Gasteiger partial charge in [-0.25, -0.2) is 9.59 Å². The minimum absolute atomic E-state index is 0.151. The van der Waals surface area contributed by atoms with Crippen LogP contribution in [-0.4, -0.2) is 46.1 Å². The third-order valence-electron chi connectivity index (χ3n) is 3.59. The first kappa shape index (κ1) is 15.7. The number of nitrogens with zero attached hydrogens (tertiary/aromatic N) is 1. The molecule has 1 aliphatic rings. The maximum atomic E-state index is 12.3. The van der Waals surface area contributed by atoms with Crippen molar-refractivity contribution in [1.82, 2.24) is 10.2 Å². The van der Waals surface area contributed by atoms with Gasteiger partial charge in [0.2, 0.25) is 0 Å². The Morgan fingerprint density at radius 2 is 2.05 bits per heavy atom. The van der Waals surface area contributed by atoms with Crippen LogP contribution in [0.25, 0.3) is 0 Å². The highest BCUT2D eigenvalue weighted by molar-refractivity contribution is 7.99. The molecule has 0 aromatic heterocycles. The standard InChI is InChI=1S/C15H20N2O3S/c1-10-3-5-12(6-4-10)11(2)16-15(20)17-7-8-21-9-13(17)14(18)19/h3-6,11,13H,7-9H2,1-2H3,(H,16,20)(H,18,19). The van der Waals surface area contributed by atoms with Crippen molar-refractivity contribution in [2.24, 2.45) is 0 Å². The highest BCUT2D eigenvalue weighted by Crippen LogP contribution is 2.19. The molecule has 114 valence electrons. The fourth-order valence-corrected chi connectivity index (χ4v) is 3.30. The van der Waals surface area contributed by atoms with Crippen molar-refractivity contribution in [3.8, 4) is 0 Å². The van der Waals surface area contributed by atoms with Gasteiger partial charge in [-0.3, -0.25) is 0 Å². The number of aryl methyl sites for hydroxylation is 1. The van der Waals surface area contributed by atoms with Crippen LogP contribution in [0.2, 0.25) is 0 Å². The van der Waals surface area contributed by atoms with Crippen molar-refractivity contribution in [3.05, 3.63) is 35.4 Å². The van der Waals surface area contributed by atoms with Gasteiger partial charge in [0.15, 0.2) is 0 Å². The van der Waals surface area contributed by atoms with Crippen molar-refractivity contribution in [3.63, 3.8) is 0 Å². The van der Waals surface area contributed by atoms with Gasteiger partial charge in [-0.1, -0.05) is 29.8 Å². The summed E-state index contributed by atoms with van der Waals surface area (Å²) in [7, 11) is 0. The number of nitrogens with one attached hydrogen (secondary N) is 1. The van der Waals surface area contributed by atoms with Crippen molar-refractivity contribution in [2.45, 2.75) is 25.9 Å². The topological polar surface area (TPSA) is 69.6 Å². The molecule has 0 aliphatic carbocycles. The van der Waals surface area contributed by atoms with E-state index >= 15 is 0 Å². The number of rotatable bonds is 3. The van der Waals surface area contributed by atoms with Crippen LogP contribution in [0.5, 0.6) is 0 Å². The second-order valence-corrected chi connectivity index (χ2v) is 6.35. The number of carbonyl (C=O) groups excluding carboxylic acids is 1. The molecule has 0 radical (unpaired) electrons. The fourth-order valence-electron chi connectivity index (χ4n) is 2.26. The van der Waals surface area contributed by atoms with Gasteiger partial charge in [0.05, 0.1) is 6.04 Å². The Morgan fingerprint density at radius 1 is 1.38 bits per heavy atom. The van der Waals surface area contributed by atoms with Crippen LogP contribution in [0.15, 0.2) is 24.3 Å². The molecule has 2 atom stereocenters. The highest BCUT2D eigenvalue weighted by atomic mass is 32.2. The molecule has 2 rings (SSSR count). The minimum atomic E-state index is -0.944. The van der Waals surface area contributed by atoms with Gasteiger partial charge in [0, 0.05) is 18.1 Å². The SMILES string of the molecule is Cc1ccc(C(C)NC(=O)N2CCSCC2C(=O)O)cc1. The number of carboxylic acid groups (broad SMARTS) is 1. The van der Waals surface area contributed by atoms with Gasteiger partial charge in [0.25, 0.3) is 0 Å². The molecule has 1 aromatic carbocycles. The second-order valence-electron chi connectivity index (χ2n) is 5.20. The van der Waals surface area contributed by atoms with Crippen molar-refractivity contribution >= 4 is 23.8 Å². The molecule has 5 nitrogen and oxygen atoms in total. The number of benzene rings is 1. The zero-order valence-electron chi connectivity index (χ0n) is 12.2. The molecular formula is C15H20N2O3S. The molecule has 0 saturated carbocycles. The predicted octanol–water partition coefficient (Wildman–Crippen LogP) is 2.27. The van der Waals surface area contributed by atoms with Crippen LogP contribution in [0, 0.1) is 6.92 Å². The number of urea groups is 1. The summed E-state index contributed by atoms with van der Waals surface area (Å²) in [5.74, 6) is 0.276. The smallest absolute Gasteiger partial charge is 0.327 e. The van der Waals surface area contributed by atoms with Gasteiger partial charge in [0.1, 0.15) is 6.04 Å². The average Bonchev–Trinajstić information content (AvgIpc) is 2.47. The summed E-state index contributed by atoms with van der Waals surface area (Å²) in [5, 5.41) is 12.1. The fraction of sp³-hybridized carbons (Fsp3) is 0.467. The summed E-state index contributed by atoms with van der Waals surface area (Å²) in [6, 6.07) is 6.74. The lowest BCUT2D eigenvalue weighted by Gasteiger charge is -2.33. The number of thioether (sulfide) groups is 1. The second kappa shape index (κ2) is 6.85. The van der Waals surface area contributed by atoms with E-state index in [9.17, 15) is 14.7 Å². The lowest BCUT2D eigenvalue weighted by Crippen LogP contribution is -2.54. The minimum Gasteiger partial charge on any atom is -0.480 e. The highest BCUT2D eigenvalue weighted by Gasteiger charge is 2.32. The molecule has 1 heterocycles. The third kappa shape index (κ3) is 3.91. The summed E-state index contributed by atoms with van der Waals surface area (Å²) < 4.78 is 0. The monoisotopic (exact) mass is 308 g/mol. The zero-order valence-corrected chi connectivity index (χ0v) is 13.0. The summed E-state index contributed by atoms with van der Waals surface area (Å²) >= 11 is 1.57. The Kier molecular flexibility index (Phi) is 5.12. The summed E-state index contributed by atoms with van der Waals surface area (Å²) in [5.41, 5.74) is 2.17. The number of aliphatic carboxylic acids is 1. The molecule has 1 aromatic rings. The zero-order chi connectivity index (χ0) is 15.4. The van der Waals surface area contributed by atoms with Crippen LogP contribution in [0.1, 0.15) is 24.1 Å². The van der Waals surface area contributed by atoms with Crippen LogP contribution in [0.3, 0.4) is 0 Å². The number of carboxylic acids is 1. The molecule has 2 N–H and O–H groups in total. The van der Waals surface area contributed by atoms with E-state index in [0.29, 0.717) is 12.3 Å². The summed E-state index contributed by atoms with van der Waals surface area (Å²) in [6.45, 7) is 4.38. The van der Waals surface area contributed by atoms with E-state index in [-0.39, 0.29) is 12.1 Å². The summed E-state index contributed by atoms with van der Waals surface area (Å²) in [4.78, 5) is 25.0. The van der Waals surface area contributed by atoms with E-state index < -0.39 is 12.0 Å². The van der Waals surface area contributed by atoms with E-state index in [1.54, 1.807) is 11.8 Å². The molecule has 2 unspecified atom stereocenters. The first-order chi connectivity index (χ1) is 9.99. The van der Waals surface area contributed by atoms with Crippen molar-refractivity contribution < 1.29 is 14.7 Å². The number of hydrogen-bond donors (Lipinski definition) is 2. The van der Waals surface area contributed by atoms with Gasteiger partial charge < -0.3 is 15.3 Å². The first-order valence-electron chi connectivity index (χ1n) is 6.93. The molecule has 1 saturated heterocycles. The van der Waals surface area contributed by atoms with Gasteiger partial charge >= 0.3 is 12.0 Å². The van der Waals surface area contributed by atoms with Gasteiger partial charge in [-0.15, -0.1) is 0 Å². The molecule has 1 aliphatic heterocycles. The quantitative estimate of drug-likeness (QED) is 0.898. The first-order valence-corrected chi connectivity index (χ1v) is 8.08. The summed E-state index contributed by atoms with van der Waals surface area (Å²) in [6.07, 6.45) is 0. The maximum absolute atomic E-state index is 12.3. The number of hydrogen-bond acceptors (Lipinski definition) is 3. The Hall–Kier alpha value is -1.69. The van der Waals surface area contributed by atoms with Gasteiger partial charge in [-0.05, 0) is 19.4 Å². The van der Waals surface area contributed by atoms with E-state index in [4.69, 9.17) is 0 Å². The Bertz CT molecular complexity index is 518. The maximum Gasteiger partial charge on any atom is 0.327 e. The molecule has 0 spiro atoms. The number of carbonyl (C=O) groups is 2. The molecule has 2 amide bonds.